The maximum absolute atomic E-state index is 12.9. The Balaban J connectivity index is 1.49. The molecule has 25 heavy (non-hydrogen) atoms. The zero-order chi connectivity index (χ0) is 17.8. The van der Waals surface area contributed by atoms with Gasteiger partial charge in [0.2, 0.25) is 0 Å². The number of nitrogens with one attached hydrogen (secondary N) is 2. The fraction of sp³-hybridized carbons (Fsp3) is 0.400. The van der Waals surface area contributed by atoms with Crippen molar-refractivity contribution in [2.24, 2.45) is 0 Å². The lowest BCUT2D eigenvalue weighted by Crippen LogP contribution is -2.40. The van der Waals surface area contributed by atoms with Crippen LogP contribution in [0, 0.1) is 19.7 Å². The summed E-state index contributed by atoms with van der Waals surface area (Å²) in [6, 6.07) is 10.3. The van der Waals surface area contributed by atoms with Crippen LogP contribution in [0.4, 0.5) is 10.2 Å². The second-order valence-electron chi connectivity index (χ2n) is 6.77. The fourth-order valence-electron chi connectivity index (χ4n) is 3.17. The third-order valence-electron chi connectivity index (χ3n) is 4.87. The van der Waals surface area contributed by atoms with E-state index in [1.165, 1.54) is 29.8 Å². The van der Waals surface area contributed by atoms with Crippen LogP contribution in [0.2, 0.25) is 0 Å². The minimum absolute atomic E-state index is 0.132. The molecule has 1 heterocycles. The highest BCUT2D eigenvalue weighted by Gasteiger charge is 2.23. The number of aryl methyl sites for hydroxylation is 2. The van der Waals surface area contributed by atoms with Crippen molar-refractivity contribution in [3.8, 4) is 0 Å². The van der Waals surface area contributed by atoms with E-state index in [0.717, 1.165) is 37.2 Å². The second kappa shape index (κ2) is 7.64. The van der Waals surface area contributed by atoms with Gasteiger partial charge in [-0.3, -0.25) is 4.79 Å². The smallest absolute Gasteiger partial charge is 0.251 e. The monoisotopic (exact) mass is 341 g/mol. The van der Waals surface area contributed by atoms with Crippen molar-refractivity contribution in [3.63, 3.8) is 0 Å². The third kappa shape index (κ3) is 4.56. The Hall–Kier alpha value is -2.43. The second-order valence-corrected chi connectivity index (χ2v) is 6.77. The molecule has 1 aromatic heterocycles. The summed E-state index contributed by atoms with van der Waals surface area (Å²) in [6.07, 6.45) is 3.83. The first-order valence-electron chi connectivity index (χ1n) is 8.78. The van der Waals surface area contributed by atoms with Crippen molar-refractivity contribution in [2.75, 3.05) is 5.32 Å². The number of hydrogen-bond acceptors (Lipinski definition) is 3. The molecule has 3 rings (SSSR count). The predicted molar refractivity (Wildman–Crippen MR) is 97.2 cm³/mol. The highest BCUT2D eigenvalue weighted by Crippen LogP contribution is 2.22. The van der Waals surface area contributed by atoms with Gasteiger partial charge in [0.25, 0.3) is 5.91 Å². The molecule has 1 saturated carbocycles. The summed E-state index contributed by atoms with van der Waals surface area (Å²) < 4.78 is 12.9. The molecule has 0 saturated heterocycles. The average molecular weight is 341 g/mol. The van der Waals surface area contributed by atoms with Crippen LogP contribution in [0.5, 0.6) is 0 Å². The van der Waals surface area contributed by atoms with Gasteiger partial charge in [-0.2, -0.15) is 0 Å². The molecule has 0 unspecified atom stereocenters. The van der Waals surface area contributed by atoms with Gasteiger partial charge in [-0.1, -0.05) is 6.07 Å². The zero-order valence-electron chi connectivity index (χ0n) is 14.7. The summed E-state index contributed by atoms with van der Waals surface area (Å²) in [4.78, 5) is 16.8. The molecule has 2 aromatic rings. The summed E-state index contributed by atoms with van der Waals surface area (Å²) in [5.74, 6) is 0.456. The maximum Gasteiger partial charge on any atom is 0.251 e. The molecule has 0 bridgehead atoms. The standard InChI is InChI=1S/C20H24FN3O/c1-13-3-12-19(22-14(13)2)23-17-8-10-18(11-9-17)24-20(25)15-4-6-16(21)7-5-15/h3-7,12,17-18H,8-11H2,1-2H3,(H,22,23)(H,24,25). The molecule has 1 fully saturated rings. The van der Waals surface area contributed by atoms with E-state index in [0.29, 0.717) is 11.6 Å². The Morgan fingerprint density at radius 3 is 2.28 bits per heavy atom. The molecule has 1 aliphatic carbocycles. The van der Waals surface area contributed by atoms with Gasteiger partial charge in [-0.05, 0) is 75.4 Å². The van der Waals surface area contributed by atoms with Crippen LogP contribution in [-0.2, 0) is 0 Å². The van der Waals surface area contributed by atoms with Gasteiger partial charge >= 0.3 is 0 Å². The maximum atomic E-state index is 12.9. The normalized spacial score (nSPS) is 20.1. The molecule has 4 nitrogen and oxygen atoms in total. The molecule has 1 amide bonds. The number of carbonyl (C=O) groups is 1. The van der Waals surface area contributed by atoms with E-state index in [1.54, 1.807) is 0 Å². The number of halogens is 1. The molecule has 5 heteroatoms. The molecule has 1 aliphatic rings. The molecule has 0 spiro atoms. The number of aromatic nitrogens is 1. The van der Waals surface area contributed by atoms with E-state index < -0.39 is 0 Å². The first-order valence-corrected chi connectivity index (χ1v) is 8.78. The van der Waals surface area contributed by atoms with Gasteiger partial charge < -0.3 is 10.6 Å². The third-order valence-corrected chi connectivity index (χ3v) is 4.87. The molecule has 2 N–H and O–H groups in total. The Bertz CT molecular complexity index is 737. The van der Waals surface area contributed by atoms with Crippen molar-refractivity contribution >= 4 is 11.7 Å². The van der Waals surface area contributed by atoms with Gasteiger partial charge in [0, 0.05) is 23.3 Å². The SMILES string of the molecule is Cc1ccc(NC2CCC(NC(=O)c3ccc(F)cc3)CC2)nc1C. The van der Waals surface area contributed by atoms with Crippen LogP contribution in [0.25, 0.3) is 0 Å². The summed E-state index contributed by atoms with van der Waals surface area (Å²) in [7, 11) is 0. The van der Waals surface area contributed by atoms with Gasteiger partial charge in [0.15, 0.2) is 0 Å². The highest BCUT2D eigenvalue weighted by atomic mass is 19.1. The summed E-state index contributed by atoms with van der Waals surface area (Å²) in [5, 5.41) is 6.55. The first-order chi connectivity index (χ1) is 12.0. The topological polar surface area (TPSA) is 54.0 Å². The lowest BCUT2D eigenvalue weighted by Gasteiger charge is -2.30. The Morgan fingerprint density at radius 1 is 1.00 bits per heavy atom. The van der Waals surface area contributed by atoms with Crippen molar-refractivity contribution in [1.82, 2.24) is 10.3 Å². The summed E-state index contributed by atoms with van der Waals surface area (Å²) >= 11 is 0. The number of hydrogen-bond donors (Lipinski definition) is 2. The molecular weight excluding hydrogens is 317 g/mol. The fourth-order valence-corrected chi connectivity index (χ4v) is 3.17. The summed E-state index contributed by atoms with van der Waals surface area (Å²) in [5.41, 5.74) is 2.74. The van der Waals surface area contributed by atoms with Gasteiger partial charge in [-0.25, -0.2) is 9.37 Å². The quantitative estimate of drug-likeness (QED) is 0.884. The molecular formula is C20H24FN3O. The van der Waals surface area contributed by atoms with Crippen molar-refractivity contribution in [1.29, 1.82) is 0 Å². The van der Waals surface area contributed by atoms with E-state index in [2.05, 4.69) is 28.6 Å². The highest BCUT2D eigenvalue weighted by molar-refractivity contribution is 5.94. The first kappa shape index (κ1) is 17.4. The van der Waals surface area contributed by atoms with Crippen LogP contribution in [0.1, 0.15) is 47.3 Å². The van der Waals surface area contributed by atoms with E-state index in [4.69, 9.17) is 0 Å². The van der Waals surface area contributed by atoms with Crippen LogP contribution < -0.4 is 10.6 Å². The number of rotatable bonds is 4. The summed E-state index contributed by atoms with van der Waals surface area (Å²) in [6.45, 7) is 4.07. The molecule has 0 aliphatic heterocycles. The Morgan fingerprint density at radius 2 is 1.64 bits per heavy atom. The molecule has 132 valence electrons. The number of amides is 1. The van der Waals surface area contributed by atoms with E-state index in [-0.39, 0.29) is 17.8 Å². The Labute approximate surface area is 147 Å². The van der Waals surface area contributed by atoms with Crippen LogP contribution >= 0.6 is 0 Å². The number of anilines is 1. The van der Waals surface area contributed by atoms with Crippen molar-refractivity contribution in [3.05, 3.63) is 59.0 Å². The Kier molecular flexibility index (Phi) is 5.31. The van der Waals surface area contributed by atoms with Crippen molar-refractivity contribution < 1.29 is 9.18 Å². The van der Waals surface area contributed by atoms with Gasteiger partial charge in [-0.15, -0.1) is 0 Å². The number of pyridine rings is 1. The largest absolute Gasteiger partial charge is 0.367 e. The van der Waals surface area contributed by atoms with E-state index >= 15 is 0 Å². The average Bonchev–Trinajstić information content (AvgIpc) is 2.60. The molecule has 0 atom stereocenters. The number of carbonyl (C=O) groups excluding carboxylic acids is 1. The lowest BCUT2D eigenvalue weighted by atomic mass is 9.91. The van der Waals surface area contributed by atoms with Gasteiger partial charge in [0.1, 0.15) is 11.6 Å². The van der Waals surface area contributed by atoms with Crippen LogP contribution in [0.3, 0.4) is 0 Å². The zero-order valence-corrected chi connectivity index (χ0v) is 14.7. The van der Waals surface area contributed by atoms with Crippen LogP contribution in [0.15, 0.2) is 36.4 Å². The van der Waals surface area contributed by atoms with E-state index in [9.17, 15) is 9.18 Å². The number of nitrogens with zero attached hydrogens (tertiary/aromatic N) is 1. The number of benzene rings is 1. The molecule has 0 radical (unpaired) electrons. The van der Waals surface area contributed by atoms with E-state index in [1.807, 2.05) is 13.0 Å². The minimum Gasteiger partial charge on any atom is -0.367 e. The lowest BCUT2D eigenvalue weighted by molar-refractivity contribution is 0.0926. The van der Waals surface area contributed by atoms with Crippen LogP contribution in [-0.4, -0.2) is 23.0 Å². The van der Waals surface area contributed by atoms with Gasteiger partial charge in [0.05, 0.1) is 0 Å². The molecule has 1 aromatic carbocycles. The minimum atomic E-state index is -0.330. The van der Waals surface area contributed by atoms with Crippen molar-refractivity contribution in [2.45, 2.75) is 51.6 Å². The predicted octanol–water partition coefficient (Wildman–Crippen LogP) is 3.99.